The molecule has 1 heterocycles. The van der Waals surface area contributed by atoms with Gasteiger partial charge in [0.1, 0.15) is 0 Å². The second-order valence-corrected chi connectivity index (χ2v) is 4.20. The number of hydrogen-bond donors (Lipinski definition) is 1. The molecule has 1 aromatic rings. The molecule has 0 radical (unpaired) electrons. The normalized spacial score (nSPS) is 18.8. The van der Waals surface area contributed by atoms with Gasteiger partial charge in [0, 0.05) is 11.6 Å². The van der Waals surface area contributed by atoms with Crippen molar-refractivity contribution in [3.8, 4) is 17.2 Å². The van der Waals surface area contributed by atoms with Crippen molar-refractivity contribution in [2.45, 2.75) is 18.9 Å². The number of benzene rings is 1. The van der Waals surface area contributed by atoms with Crippen LogP contribution in [0, 0.1) is 5.82 Å². The smallest absolute Gasteiger partial charge is 0.211 e. The van der Waals surface area contributed by atoms with E-state index in [2.05, 4.69) is 5.32 Å². The highest BCUT2D eigenvalue weighted by molar-refractivity contribution is 5.53. The molecule has 5 heteroatoms. The van der Waals surface area contributed by atoms with Gasteiger partial charge in [-0.1, -0.05) is 0 Å². The Morgan fingerprint density at radius 1 is 1.17 bits per heavy atom. The summed E-state index contributed by atoms with van der Waals surface area (Å²) in [5.74, 6) is 0.186. The Hall–Kier alpha value is -1.49. The van der Waals surface area contributed by atoms with E-state index in [1.807, 2.05) is 0 Å². The van der Waals surface area contributed by atoms with Gasteiger partial charge in [-0.15, -0.1) is 0 Å². The van der Waals surface area contributed by atoms with Crippen molar-refractivity contribution in [2.75, 3.05) is 27.9 Å². The standard InChI is InChI=1S/C13H18FNO3/c1-16-10-7-8(9-5-4-6-15-9)12(17-2)11(14)13(10)18-3/h7,9,15H,4-6H2,1-3H3. The summed E-state index contributed by atoms with van der Waals surface area (Å²) < 4.78 is 29.7. The van der Waals surface area contributed by atoms with Gasteiger partial charge in [0.2, 0.25) is 11.6 Å². The number of hydrogen-bond acceptors (Lipinski definition) is 4. The molecule has 0 bridgehead atoms. The highest BCUT2D eigenvalue weighted by atomic mass is 19.1. The first-order chi connectivity index (χ1) is 8.72. The molecule has 0 aromatic heterocycles. The lowest BCUT2D eigenvalue weighted by molar-refractivity contribution is 0.316. The summed E-state index contributed by atoms with van der Waals surface area (Å²) in [7, 11) is 4.37. The summed E-state index contributed by atoms with van der Waals surface area (Å²) in [5.41, 5.74) is 0.783. The van der Waals surface area contributed by atoms with Crippen molar-refractivity contribution in [3.05, 3.63) is 17.4 Å². The maximum absolute atomic E-state index is 14.3. The van der Waals surface area contributed by atoms with Gasteiger partial charge in [0.05, 0.1) is 21.3 Å². The van der Waals surface area contributed by atoms with Gasteiger partial charge < -0.3 is 19.5 Å². The number of methoxy groups -OCH3 is 3. The molecule has 1 saturated heterocycles. The van der Waals surface area contributed by atoms with Crippen LogP contribution in [0.3, 0.4) is 0 Å². The maximum Gasteiger partial charge on any atom is 0.211 e. The van der Waals surface area contributed by atoms with Crippen molar-refractivity contribution >= 4 is 0 Å². The van der Waals surface area contributed by atoms with E-state index in [0.29, 0.717) is 5.75 Å². The van der Waals surface area contributed by atoms with Gasteiger partial charge in [0.15, 0.2) is 11.5 Å². The molecular formula is C13H18FNO3. The fraction of sp³-hybridized carbons (Fsp3) is 0.538. The van der Waals surface area contributed by atoms with Crippen LogP contribution in [0.1, 0.15) is 24.4 Å². The van der Waals surface area contributed by atoms with Crippen LogP contribution in [-0.4, -0.2) is 27.9 Å². The Balaban J connectivity index is 2.53. The Labute approximate surface area is 106 Å². The van der Waals surface area contributed by atoms with Crippen LogP contribution in [0.15, 0.2) is 6.07 Å². The highest BCUT2D eigenvalue weighted by Gasteiger charge is 2.27. The third-order valence-electron chi connectivity index (χ3n) is 3.24. The van der Waals surface area contributed by atoms with Gasteiger partial charge in [-0.2, -0.15) is 4.39 Å². The molecular weight excluding hydrogens is 237 g/mol. The van der Waals surface area contributed by atoms with Gasteiger partial charge in [-0.3, -0.25) is 0 Å². The number of nitrogens with one attached hydrogen (secondary N) is 1. The van der Waals surface area contributed by atoms with Crippen molar-refractivity contribution in [1.82, 2.24) is 5.32 Å². The summed E-state index contributed by atoms with van der Waals surface area (Å²) in [6, 6.07) is 1.89. The summed E-state index contributed by atoms with van der Waals surface area (Å²) in [6.07, 6.45) is 2.04. The first-order valence-corrected chi connectivity index (χ1v) is 5.94. The molecule has 0 aliphatic carbocycles. The molecule has 1 N–H and O–H groups in total. The van der Waals surface area contributed by atoms with Crippen LogP contribution in [-0.2, 0) is 0 Å². The highest BCUT2D eigenvalue weighted by Crippen LogP contribution is 2.42. The lowest BCUT2D eigenvalue weighted by Crippen LogP contribution is -2.15. The van der Waals surface area contributed by atoms with E-state index in [4.69, 9.17) is 14.2 Å². The Morgan fingerprint density at radius 3 is 2.39 bits per heavy atom. The van der Waals surface area contributed by atoms with E-state index in [9.17, 15) is 4.39 Å². The molecule has 0 spiro atoms. The minimum Gasteiger partial charge on any atom is -0.493 e. The molecule has 1 atom stereocenters. The van der Waals surface area contributed by atoms with Crippen LogP contribution in [0.5, 0.6) is 17.2 Å². The van der Waals surface area contributed by atoms with Crippen LogP contribution in [0.25, 0.3) is 0 Å². The summed E-state index contributed by atoms with van der Waals surface area (Å²) in [4.78, 5) is 0. The fourth-order valence-electron chi connectivity index (χ4n) is 2.37. The van der Waals surface area contributed by atoms with E-state index in [-0.39, 0.29) is 17.5 Å². The average Bonchev–Trinajstić information content (AvgIpc) is 2.91. The molecule has 1 unspecified atom stereocenters. The SMILES string of the molecule is COc1cc(C2CCCN2)c(OC)c(F)c1OC. The minimum atomic E-state index is -0.511. The van der Waals surface area contributed by atoms with Gasteiger partial charge in [-0.05, 0) is 25.5 Å². The van der Waals surface area contributed by atoms with E-state index in [0.717, 1.165) is 24.9 Å². The van der Waals surface area contributed by atoms with Gasteiger partial charge in [0.25, 0.3) is 0 Å². The zero-order chi connectivity index (χ0) is 13.1. The van der Waals surface area contributed by atoms with Crippen LogP contribution < -0.4 is 19.5 Å². The lowest BCUT2D eigenvalue weighted by Gasteiger charge is -2.19. The Bertz CT molecular complexity index is 431. The van der Waals surface area contributed by atoms with Crippen LogP contribution in [0.4, 0.5) is 4.39 Å². The quantitative estimate of drug-likeness (QED) is 0.896. The van der Waals surface area contributed by atoms with Crippen molar-refractivity contribution < 1.29 is 18.6 Å². The predicted molar refractivity (Wildman–Crippen MR) is 66.0 cm³/mol. The second-order valence-electron chi connectivity index (χ2n) is 4.20. The van der Waals surface area contributed by atoms with Gasteiger partial charge >= 0.3 is 0 Å². The number of rotatable bonds is 4. The molecule has 100 valence electrons. The largest absolute Gasteiger partial charge is 0.493 e. The summed E-state index contributed by atoms with van der Waals surface area (Å²) >= 11 is 0. The summed E-state index contributed by atoms with van der Waals surface area (Å²) in [6.45, 7) is 0.934. The van der Waals surface area contributed by atoms with Crippen molar-refractivity contribution in [1.29, 1.82) is 0 Å². The first kappa shape index (κ1) is 13.0. The van der Waals surface area contributed by atoms with E-state index in [1.54, 1.807) is 6.07 Å². The molecule has 1 aliphatic heterocycles. The summed E-state index contributed by atoms with van der Waals surface area (Å²) in [5, 5.41) is 3.32. The van der Waals surface area contributed by atoms with E-state index >= 15 is 0 Å². The first-order valence-electron chi connectivity index (χ1n) is 5.94. The van der Waals surface area contributed by atoms with E-state index in [1.165, 1.54) is 21.3 Å². The monoisotopic (exact) mass is 255 g/mol. The molecule has 0 saturated carbocycles. The lowest BCUT2D eigenvalue weighted by atomic mass is 10.0. The zero-order valence-corrected chi connectivity index (χ0v) is 10.9. The maximum atomic E-state index is 14.3. The third-order valence-corrected chi connectivity index (χ3v) is 3.24. The Kier molecular flexibility index (Phi) is 3.91. The van der Waals surface area contributed by atoms with Crippen molar-refractivity contribution in [3.63, 3.8) is 0 Å². The van der Waals surface area contributed by atoms with E-state index < -0.39 is 5.82 Å². The molecule has 2 rings (SSSR count). The van der Waals surface area contributed by atoms with Crippen LogP contribution in [0.2, 0.25) is 0 Å². The van der Waals surface area contributed by atoms with Crippen LogP contribution >= 0.6 is 0 Å². The molecule has 1 fully saturated rings. The third kappa shape index (κ3) is 2.10. The second kappa shape index (κ2) is 5.44. The van der Waals surface area contributed by atoms with Gasteiger partial charge in [-0.25, -0.2) is 0 Å². The number of halogens is 1. The fourth-order valence-corrected chi connectivity index (χ4v) is 2.37. The Morgan fingerprint density at radius 2 is 1.89 bits per heavy atom. The predicted octanol–water partition coefficient (Wildman–Crippen LogP) is 2.28. The van der Waals surface area contributed by atoms with Crippen molar-refractivity contribution in [2.24, 2.45) is 0 Å². The molecule has 4 nitrogen and oxygen atoms in total. The molecule has 1 aliphatic rings. The zero-order valence-electron chi connectivity index (χ0n) is 10.9. The molecule has 0 amide bonds. The molecule has 18 heavy (non-hydrogen) atoms. The topological polar surface area (TPSA) is 39.7 Å². The minimum absolute atomic E-state index is 0.0797. The number of ether oxygens (including phenoxy) is 3. The average molecular weight is 255 g/mol. The molecule has 1 aromatic carbocycles.